The first-order chi connectivity index (χ1) is 12.9. The van der Waals surface area contributed by atoms with Crippen LogP contribution < -0.4 is 4.90 Å². The molecule has 1 saturated heterocycles. The maximum absolute atomic E-state index is 5.54. The summed E-state index contributed by atoms with van der Waals surface area (Å²) in [5, 5.41) is 0. The van der Waals surface area contributed by atoms with Crippen LogP contribution in [-0.4, -0.2) is 35.9 Å². The minimum atomic E-state index is 0.0277. The summed E-state index contributed by atoms with van der Waals surface area (Å²) in [7, 11) is 0. The number of hydrogen-bond acceptors (Lipinski definition) is 3. The van der Waals surface area contributed by atoms with Crippen molar-refractivity contribution in [2.45, 2.75) is 59.4 Å². The second-order valence-corrected chi connectivity index (χ2v) is 8.63. The zero-order valence-corrected chi connectivity index (χ0v) is 17.7. The second kappa shape index (κ2) is 8.47. The molecule has 0 bridgehead atoms. The van der Waals surface area contributed by atoms with E-state index in [2.05, 4.69) is 74.5 Å². The highest BCUT2D eigenvalue weighted by Crippen LogP contribution is 2.30. The van der Waals surface area contributed by atoms with Crippen molar-refractivity contribution in [3.63, 3.8) is 0 Å². The van der Waals surface area contributed by atoms with Crippen LogP contribution in [0.1, 0.15) is 53.3 Å². The average Bonchev–Trinajstić information content (AvgIpc) is 3.08. The average molecular weight is 370 g/mol. The van der Waals surface area contributed by atoms with Crippen LogP contribution in [0.5, 0.6) is 0 Å². The van der Waals surface area contributed by atoms with E-state index in [0.717, 1.165) is 51.4 Å². The molecule has 148 valence electrons. The Kier molecular flexibility index (Phi) is 6.25. The monoisotopic (exact) mass is 369 g/mol. The number of nitrogens with zero attached hydrogens (tertiary/aromatic N) is 3. The summed E-state index contributed by atoms with van der Waals surface area (Å²) in [4.78, 5) is 7.46. The molecule has 4 nitrogen and oxygen atoms in total. The van der Waals surface area contributed by atoms with Crippen LogP contribution >= 0.6 is 0 Å². The first-order valence-corrected chi connectivity index (χ1v) is 10.4. The fourth-order valence-electron chi connectivity index (χ4n) is 3.95. The van der Waals surface area contributed by atoms with Crippen LogP contribution in [0.25, 0.3) is 11.3 Å². The van der Waals surface area contributed by atoms with E-state index in [-0.39, 0.29) is 5.41 Å². The maximum atomic E-state index is 5.54. The van der Waals surface area contributed by atoms with E-state index in [0.29, 0.717) is 5.92 Å². The van der Waals surface area contributed by atoms with Gasteiger partial charge in [-0.25, -0.2) is 4.98 Å². The van der Waals surface area contributed by atoms with E-state index in [9.17, 15) is 0 Å². The van der Waals surface area contributed by atoms with Gasteiger partial charge in [0.25, 0.3) is 0 Å². The molecular weight excluding hydrogens is 334 g/mol. The summed E-state index contributed by atoms with van der Waals surface area (Å²) >= 11 is 0. The topological polar surface area (TPSA) is 30.3 Å². The van der Waals surface area contributed by atoms with E-state index >= 15 is 0 Å². The summed E-state index contributed by atoms with van der Waals surface area (Å²) in [5.74, 6) is 1.86. The highest BCUT2D eigenvalue weighted by atomic mass is 16.5. The van der Waals surface area contributed by atoms with Gasteiger partial charge in [0, 0.05) is 55.7 Å². The molecule has 1 fully saturated rings. The van der Waals surface area contributed by atoms with Crippen LogP contribution in [0, 0.1) is 5.92 Å². The molecule has 1 aromatic heterocycles. The molecule has 0 amide bonds. The smallest absolute Gasteiger partial charge is 0.114 e. The van der Waals surface area contributed by atoms with Crippen molar-refractivity contribution in [3.05, 3.63) is 36.3 Å². The van der Waals surface area contributed by atoms with Gasteiger partial charge >= 0.3 is 0 Å². The van der Waals surface area contributed by atoms with Gasteiger partial charge in [-0.2, -0.15) is 0 Å². The lowest BCUT2D eigenvalue weighted by Gasteiger charge is -2.25. The molecule has 2 heterocycles. The van der Waals surface area contributed by atoms with Crippen molar-refractivity contribution in [3.8, 4) is 11.3 Å². The Morgan fingerprint density at radius 1 is 1.15 bits per heavy atom. The summed E-state index contributed by atoms with van der Waals surface area (Å²) < 4.78 is 7.93. The summed E-state index contributed by atoms with van der Waals surface area (Å²) in [6, 6.07) is 8.80. The van der Waals surface area contributed by atoms with Crippen LogP contribution in [0.2, 0.25) is 0 Å². The zero-order chi connectivity index (χ0) is 19.4. The fraction of sp³-hybridized carbons (Fsp3) is 0.609. The molecule has 0 radical (unpaired) electrons. The number of aromatic nitrogens is 2. The van der Waals surface area contributed by atoms with Gasteiger partial charge in [0.15, 0.2) is 0 Å². The third-order valence-corrected chi connectivity index (χ3v) is 5.51. The molecule has 0 spiro atoms. The molecule has 2 aromatic rings. The lowest BCUT2D eigenvalue weighted by atomic mass is 9.94. The van der Waals surface area contributed by atoms with Crippen LogP contribution in [0.3, 0.4) is 0 Å². The second-order valence-electron chi connectivity index (χ2n) is 8.63. The summed E-state index contributed by atoms with van der Waals surface area (Å²) in [6.45, 7) is 16.0. The minimum Gasteiger partial charge on any atom is -0.381 e. The van der Waals surface area contributed by atoms with Crippen LogP contribution in [0.15, 0.2) is 30.5 Å². The number of anilines is 1. The molecule has 0 atom stereocenters. The number of imidazole rings is 1. The molecule has 4 heteroatoms. The van der Waals surface area contributed by atoms with Gasteiger partial charge in [0.05, 0.1) is 5.69 Å². The minimum absolute atomic E-state index is 0.0277. The first-order valence-electron chi connectivity index (χ1n) is 10.4. The summed E-state index contributed by atoms with van der Waals surface area (Å²) in [5.41, 5.74) is 3.59. The van der Waals surface area contributed by atoms with Crippen molar-refractivity contribution in [2.24, 2.45) is 5.92 Å². The molecule has 0 N–H and O–H groups in total. The number of rotatable bonds is 6. The number of ether oxygens (including phenoxy) is 1. The Morgan fingerprint density at radius 3 is 2.48 bits per heavy atom. The van der Waals surface area contributed by atoms with Gasteiger partial charge in [-0.05, 0) is 44.7 Å². The van der Waals surface area contributed by atoms with E-state index in [1.165, 1.54) is 17.1 Å². The van der Waals surface area contributed by atoms with E-state index < -0.39 is 0 Å². The van der Waals surface area contributed by atoms with Gasteiger partial charge in [-0.15, -0.1) is 0 Å². The highest BCUT2D eigenvalue weighted by Gasteiger charge is 2.24. The Hall–Kier alpha value is -1.81. The SMILES string of the molecule is CCN(CC)c1cccc(-c2cn(CC3CCOCC3)c(C(C)(C)C)n2)c1. The van der Waals surface area contributed by atoms with Crippen molar-refractivity contribution in [2.75, 3.05) is 31.2 Å². The van der Waals surface area contributed by atoms with Gasteiger partial charge in [0.2, 0.25) is 0 Å². The lowest BCUT2D eigenvalue weighted by molar-refractivity contribution is 0.0608. The molecule has 3 rings (SSSR count). The Balaban J connectivity index is 1.93. The zero-order valence-electron chi connectivity index (χ0n) is 17.7. The van der Waals surface area contributed by atoms with Crippen LogP contribution in [0.4, 0.5) is 5.69 Å². The Morgan fingerprint density at radius 2 is 1.85 bits per heavy atom. The van der Waals surface area contributed by atoms with Crippen molar-refractivity contribution in [1.29, 1.82) is 0 Å². The maximum Gasteiger partial charge on any atom is 0.114 e. The van der Waals surface area contributed by atoms with Crippen molar-refractivity contribution >= 4 is 5.69 Å². The third-order valence-electron chi connectivity index (χ3n) is 5.51. The summed E-state index contributed by atoms with van der Waals surface area (Å²) in [6.07, 6.45) is 4.56. The molecule has 1 aromatic carbocycles. The molecule has 0 unspecified atom stereocenters. The normalized spacial score (nSPS) is 15.9. The Bertz CT molecular complexity index is 734. The number of hydrogen-bond donors (Lipinski definition) is 0. The molecule has 1 aliphatic rings. The van der Waals surface area contributed by atoms with E-state index in [1.807, 2.05) is 0 Å². The number of benzene rings is 1. The fourth-order valence-corrected chi connectivity index (χ4v) is 3.95. The third kappa shape index (κ3) is 4.73. The largest absolute Gasteiger partial charge is 0.381 e. The predicted octanol–water partition coefficient (Wildman–Crippen LogP) is 5.12. The highest BCUT2D eigenvalue weighted by molar-refractivity contribution is 5.65. The van der Waals surface area contributed by atoms with Gasteiger partial charge in [0.1, 0.15) is 5.82 Å². The molecule has 0 saturated carbocycles. The lowest BCUT2D eigenvalue weighted by Crippen LogP contribution is -2.24. The molecule has 27 heavy (non-hydrogen) atoms. The Labute approximate surface area is 164 Å². The first kappa shape index (κ1) is 19.9. The standard InChI is InChI=1S/C23H35N3O/c1-6-25(7-2)20-10-8-9-19(15-20)21-17-26(22(24-21)23(3,4)5)16-18-11-13-27-14-12-18/h8-10,15,17-18H,6-7,11-14,16H2,1-5H3. The van der Waals surface area contributed by atoms with Crippen molar-refractivity contribution in [1.82, 2.24) is 9.55 Å². The van der Waals surface area contributed by atoms with Crippen LogP contribution in [-0.2, 0) is 16.7 Å². The molecular formula is C23H35N3O. The van der Waals surface area contributed by atoms with Crippen molar-refractivity contribution < 1.29 is 4.74 Å². The predicted molar refractivity (Wildman–Crippen MR) is 113 cm³/mol. The van der Waals surface area contributed by atoms with Gasteiger partial charge in [-0.3, -0.25) is 0 Å². The van der Waals surface area contributed by atoms with Gasteiger partial charge < -0.3 is 14.2 Å². The molecule has 0 aliphatic carbocycles. The molecule has 1 aliphatic heterocycles. The van der Waals surface area contributed by atoms with E-state index in [1.54, 1.807) is 0 Å². The van der Waals surface area contributed by atoms with E-state index in [4.69, 9.17) is 9.72 Å². The van der Waals surface area contributed by atoms with Gasteiger partial charge in [-0.1, -0.05) is 32.9 Å². The quantitative estimate of drug-likeness (QED) is 0.708.